The number of ether oxygens (including phenoxy) is 4. The number of β-amino-alcohol motifs (C(OH)–C–C–N with tert-alkyl or cyclic N) is 1. The molecular weight excluding hydrogens is 538 g/mol. The van der Waals surface area contributed by atoms with E-state index in [1.807, 2.05) is 40.8 Å². The van der Waals surface area contributed by atoms with Gasteiger partial charge in [0, 0.05) is 63.9 Å². The summed E-state index contributed by atoms with van der Waals surface area (Å²) in [6, 6.07) is 8.47. The van der Waals surface area contributed by atoms with Gasteiger partial charge in [0.25, 0.3) is 0 Å². The highest BCUT2D eigenvalue weighted by atomic mass is 19.1. The SMILES string of the molecule is COCC(=O)N1CCN(Cc2ccc(OCCn3ccnc3C)c(OC)c2)CC(O)(COc2cc(F)cc(F)c2)C1. The second-order valence-corrected chi connectivity index (χ2v) is 10.1. The first kappa shape index (κ1) is 30.2. The van der Waals surface area contributed by atoms with E-state index in [4.69, 9.17) is 18.9 Å². The minimum Gasteiger partial charge on any atom is -0.493 e. The Hall–Kier alpha value is -3.74. The van der Waals surface area contributed by atoms with Crippen LogP contribution in [-0.4, -0.2) is 96.2 Å². The Kier molecular flexibility index (Phi) is 10.1. The van der Waals surface area contributed by atoms with Gasteiger partial charge in [0.1, 0.15) is 48.6 Å². The lowest BCUT2D eigenvalue weighted by atomic mass is 10.0. The van der Waals surface area contributed by atoms with Crippen LogP contribution in [-0.2, 0) is 22.6 Å². The number of hydrogen-bond acceptors (Lipinski definition) is 8. The van der Waals surface area contributed by atoms with Crippen LogP contribution in [0.4, 0.5) is 8.78 Å². The van der Waals surface area contributed by atoms with Crippen molar-refractivity contribution >= 4 is 5.91 Å². The summed E-state index contributed by atoms with van der Waals surface area (Å²) < 4.78 is 51.5. The molecule has 0 bridgehead atoms. The molecule has 0 aliphatic carbocycles. The highest BCUT2D eigenvalue weighted by Crippen LogP contribution is 2.29. The molecule has 1 N–H and O–H groups in total. The summed E-state index contributed by atoms with van der Waals surface area (Å²) in [7, 11) is 3.00. The van der Waals surface area contributed by atoms with Crippen molar-refractivity contribution in [1.29, 1.82) is 0 Å². The third-order valence-corrected chi connectivity index (χ3v) is 6.80. The maximum Gasteiger partial charge on any atom is 0.248 e. The Morgan fingerprint density at radius 2 is 1.83 bits per heavy atom. The number of rotatable bonds is 12. The number of aryl methyl sites for hydroxylation is 1. The number of amides is 1. The summed E-state index contributed by atoms with van der Waals surface area (Å²) >= 11 is 0. The normalized spacial score (nSPS) is 17.8. The van der Waals surface area contributed by atoms with Gasteiger partial charge in [-0.15, -0.1) is 0 Å². The number of nitrogens with zero attached hydrogens (tertiary/aromatic N) is 4. The lowest BCUT2D eigenvalue weighted by Crippen LogP contribution is -2.52. The van der Waals surface area contributed by atoms with E-state index >= 15 is 0 Å². The lowest BCUT2D eigenvalue weighted by Gasteiger charge is -2.33. The lowest BCUT2D eigenvalue weighted by molar-refractivity contribution is -0.138. The molecule has 0 radical (unpaired) electrons. The summed E-state index contributed by atoms with van der Waals surface area (Å²) in [5.74, 6) is 0.180. The number of aliphatic hydroxyl groups is 1. The number of hydrogen-bond donors (Lipinski definition) is 1. The van der Waals surface area contributed by atoms with Crippen LogP contribution in [0, 0.1) is 18.6 Å². The van der Waals surface area contributed by atoms with Crippen molar-refractivity contribution in [3.8, 4) is 17.2 Å². The minimum absolute atomic E-state index is 0.0318. The molecule has 1 fully saturated rings. The molecule has 2 aromatic carbocycles. The van der Waals surface area contributed by atoms with E-state index in [0.29, 0.717) is 44.3 Å². The molecule has 0 spiro atoms. The smallest absolute Gasteiger partial charge is 0.248 e. The first-order valence-electron chi connectivity index (χ1n) is 13.3. The topological polar surface area (TPSA) is 98.5 Å². The summed E-state index contributed by atoms with van der Waals surface area (Å²) in [5.41, 5.74) is -0.617. The number of halogens is 2. The van der Waals surface area contributed by atoms with Crippen molar-refractivity contribution in [3.63, 3.8) is 0 Å². The van der Waals surface area contributed by atoms with Crippen LogP contribution in [0.5, 0.6) is 17.2 Å². The average molecular weight is 575 g/mol. The van der Waals surface area contributed by atoms with Gasteiger partial charge in [-0.05, 0) is 24.6 Å². The van der Waals surface area contributed by atoms with E-state index in [-0.39, 0.29) is 38.0 Å². The molecule has 1 aromatic heterocycles. The molecule has 0 saturated carbocycles. The zero-order valence-corrected chi connectivity index (χ0v) is 23.5. The fourth-order valence-corrected chi connectivity index (χ4v) is 4.81. The van der Waals surface area contributed by atoms with Crippen LogP contribution in [0.3, 0.4) is 0 Å². The maximum absolute atomic E-state index is 13.7. The molecular formula is C29H36F2N4O6. The molecule has 1 aliphatic heterocycles. The summed E-state index contributed by atoms with van der Waals surface area (Å²) in [6.45, 7) is 3.97. The van der Waals surface area contributed by atoms with E-state index in [0.717, 1.165) is 29.6 Å². The van der Waals surface area contributed by atoms with E-state index < -0.39 is 17.2 Å². The predicted molar refractivity (Wildman–Crippen MR) is 146 cm³/mol. The minimum atomic E-state index is -1.53. The molecule has 1 unspecified atom stereocenters. The summed E-state index contributed by atoms with van der Waals surface area (Å²) in [4.78, 5) is 20.4. The average Bonchev–Trinajstić information content (AvgIpc) is 3.26. The Morgan fingerprint density at radius 1 is 1.05 bits per heavy atom. The molecule has 4 rings (SSSR count). The van der Waals surface area contributed by atoms with Gasteiger partial charge < -0.3 is 33.5 Å². The van der Waals surface area contributed by atoms with Crippen LogP contribution >= 0.6 is 0 Å². The van der Waals surface area contributed by atoms with Crippen molar-refractivity contribution in [2.75, 3.05) is 60.2 Å². The molecule has 12 heteroatoms. The Labute approximate surface area is 238 Å². The third-order valence-electron chi connectivity index (χ3n) is 6.80. The largest absolute Gasteiger partial charge is 0.493 e. The van der Waals surface area contributed by atoms with Gasteiger partial charge in [-0.2, -0.15) is 0 Å². The number of methoxy groups -OCH3 is 2. The molecule has 222 valence electrons. The highest BCUT2D eigenvalue weighted by Gasteiger charge is 2.37. The Bertz CT molecular complexity index is 1300. The molecule has 3 aromatic rings. The number of imidazole rings is 1. The monoisotopic (exact) mass is 574 g/mol. The number of carbonyl (C=O) groups excluding carboxylic acids is 1. The van der Waals surface area contributed by atoms with Crippen molar-refractivity contribution in [2.24, 2.45) is 0 Å². The second kappa shape index (κ2) is 13.7. The Balaban J connectivity index is 1.45. The van der Waals surface area contributed by atoms with Crippen LogP contribution < -0.4 is 14.2 Å². The number of carbonyl (C=O) groups is 1. The molecule has 2 heterocycles. The number of aromatic nitrogens is 2. The standard InChI is InChI=1S/C29H36F2N4O6/c1-21-32-6-7-34(21)10-11-40-26-5-4-22(12-27(26)39-3)16-33-8-9-35(28(36)17-38-2)19-29(37,18-33)20-41-25-14-23(30)13-24(31)15-25/h4-7,12-15,37H,8-11,16-20H2,1-3H3. The van der Waals surface area contributed by atoms with Crippen molar-refractivity contribution in [3.05, 3.63) is 71.8 Å². The third kappa shape index (κ3) is 8.38. The quantitative estimate of drug-likeness (QED) is 0.353. The molecule has 10 nitrogen and oxygen atoms in total. The van der Waals surface area contributed by atoms with Crippen LogP contribution in [0.25, 0.3) is 0 Å². The van der Waals surface area contributed by atoms with Crippen LogP contribution in [0.2, 0.25) is 0 Å². The molecule has 41 heavy (non-hydrogen) atoms. The van der Waals surface area contributed by atoms with Crippen molar-refractivity contribution in [1.82, 2.24) is 19.4 Å². The molecule has 1 aliphatic rings. The second-order valence-electron chi connectivity index (χ2n) is 10.1. The number of benzene rings is 2. The van der Waals surface area contributed by atoms with E-state index in [1.165, 1.54) is 12.0 Å². The van der Waals surface area contributed by atoms with Gasteiger partial charge in [0.2, 0.25) is 5.91 Å². The summed E-state index contributed by atoms with van der Waals surface area (Å²) in [6.07, 6.45) is 3.64. The highest BCUT2D eigenvalue weighted by molar-refractivity contribution is 5.77. The van der Waals surface area contributed by atoms with E-state index in [9.17, 15) is 18.7 Å². The van der Waals surface area contributed by atoms with Gasteiger partial charge in [0.15, 0.2) is 11.5 Å². The van der Waals surface area contributed by atoms with Gasteiger partial charge in [0.05, 0.1) is 20.2 Å². The molecule has 1 atom stereocenters. The van der Waals surface area contributed by atoms with Crippen molar-refractivity contribution < 1.29 is 37.6 Å². The predicted octanol–water partition coefficient (Wildman–Crippen LogP) is 2.66. The first-order chi connectivity index (χ1) is 19.7. The van der Waals surface area contributed by atoms with Gasteiger partial charge in [-0.25, -0.2) is 13.8 Å². The zero-order chi connectivity index (χ0) is 29.4. The maximum atomic E-state index is 13.7. The fraction of sp³-hybridized carbons (Fsp3) is 0.448. The Morgan fingerprint density at radius 3 is 2.51 bits per heavy atom. The van der Waals surface area contributed by atoms with Gasteiger partial charge in [-0.1, -0.05) is 6.07 Å². The van der Waals surface area contributed by atoms with Crippen molar-refractivity contribution in [2.45, 2.75) is 25.6 Å². The van der Waals surface area contributed by atoms with E-state index in [2.05, 4.69) is 4.98 Å². The summed E-state index contributed by atoms with van der Waals surface area (Å²) in [5, 5.41) is 11.6. The first-order valence-corrected chi connectivity index (χ1v) is 13.3. The molecule has 1 saturated heterocycles. The van der Waals surface area contributed by atoms with Gasteiger partial charge in [-0.3, -0.25) is 9.69 Å². The molecule has 1 amide bonds. The zero-order valence-electron chi connectivity index (χ0n) is 23.5. The van der Waals surface area contributed by atoms with Gasteiger partial charge >= 0.3 is 0 Å². The fourth-order valence-electron chi connectivity index (χ4n) is 4.81. The van der Waals surface area contributed by atoms with Crippen LogP contribution in [0.15, 0.2) is 48.8 Å². The van der Waals surface area contributed by atoms with E-state index in [1.54, 1.807) is 13.3 Å². The van der Waals surface area contributed by atoms with Crippen LogP contribution in [0.1, 0.15) is 11.4 Å².